The number of ether oxygens (including phenoxy) is 1. The molecule has 0 aliphatic rings. The van der Waals surface area contributed by atoms with Gasteiger partial charge in [-0.15, -0.1) is 0 Å². The molecule has 0 atom stereocenters. The lowest BCUT2D eigenvalue weighted by atomic mass is 10.2. The van der Waals surface area contributed by atoms with Crippen molar-refractivity contribution in [1.82, 2.24) is 4.98 Å². The number of anilines is 2. The van der Waals surface area contributed by atoms with Crippen molar-refractivity contribution in [2.24, 2.45) is 0 Å². The van der Waals surface area contributed by atoms with Crippen LogP contribution >= 0.6 is 0 Å². The number of rotatable bonds is 4. The maximum Gasteiger partial charge on any atom is 0.135 e. The number of hydrogen-bond acceptors (Lipinski definition) is 4. The van der Waals surface area contributed by atoms with Gasteiger partial charge in [0.25, 0.3) is 0 Å². The van der Waals surface area contributed by atoms with E-state index in [-0.39, 0.29) is 6.61 Å². The van der Waals surface area contributed by atoms with Crippen LogP contribution in [0.2, 0.25) is 0 Å². The van der Waals surface area contributed by atoms with Crippen LogP contribution in [-0.4, -0.2) is 24.2 Å². The average molecular weight is 258 g/mol. The molecule has 0 aliphatic heterocycles. The van der Waals surface area contributed by atoms with E-state index in [2.05, 4.69) is 4.98 Å². The molecule has 4 heteroatoms. The largest absolute Gasteiger partial charge is 0.497 e. The number of aliphatic hydroxyl groups excluding tert-OH is 1. The highest BCUT2D eigenvalue weighted by atomic mass is 16.5. The molecule has 0 fully saturated rings. The van der Waals surface area contributed by atoms with Gasteiger partial charge in [-0.2, -0.15) is 0 Å². The van der Waals surface area contributed by atoms with Gasteiger partial charge in [-0.1, -0.05) is 0 Å². The van der Waals surface area contributed by atoms with E-state index in [1.54, 1.807) is 13.3 Å². The molecular formula is C15H18N2O2. The van der Waals surface area contributed by atoms with E-state index in [1.165, 1.54) is 0 Å². The first-order chi connectivity index (χ1) is 9.15. The lowest BCUT2D eigenvalue weighted by molar-refractivity contribution is 0.281. The number of methoxy groups -OCH3 is 1. The number of nitrogens with zero attached hydrogens (tertiary/aromatic N) is 2. The molecule has 0 unspecified atom stereocenters. The van der Waals surface area contributed by atoms with Gasteiger partial charge in [-0.05, 0) is 48.4 Å². The number of aryl methyl sites for hydroxylation is 1. The maximum atomic E-state index is 9.10. The van der Waals surface area contributed by atoms with Crippen LogP contribution in [-0.2, 0) is 6.61 Å². The van der Waals surface area contributed by atoms with Crippen molar-refractivity contribution in [3.05, 3.63) is 47.7 Å². The molecule has 0 spiro atoms. The summed E-state index contributed by atoms with van der Waals surface area (Å²) in [5.74, 6) is 1.71. The standard InChI is InChI=1S/C15H18N2O2/c1-11-8-12(10-18)9-16-15(11)17(2)13-4-6-14(19-3)7-5-13/h4-9,18H,10H2,1-3H3. The van der Waals surface area contributed by atoms with Gasteiger partial charge in [0.15, 0.2) is 0 Å². The van der Waals surface area contributed by atoms with Crippen LogP contribution in [0.1, 0.15) is 11.1 Å². The molecule has 0 saturated carbocycles. The molecule has 0 bridgehead atoms. The second kappa shape index (κ2) is 5.71. The fourth-order valence-corrected chi connectivity index (χ4v) is 1.99. The monoisotopic (exact) mass is 258 g/mol. The second-order valence-electron chi connectivity index (χ2n) is 4.40. The Hall–Kier alpha value is -2.07. The zero-order valence-electron chi connectivity index (χ0n) is 11.4. The molecule has 2 rings (SSSR count). The summed E-state index contributed by atoms with van der Waals surface area (Å²) < 4.78 is 5.15. The van der Waals surface area contributed by atoms with Crippen molar-refractivity contribution >= 4 is 11.5 Å². The average Bonchev–Trinajstić information content (AvgIpc) is 2.46. The van der Waals surface area contributed by atoms with Crippen molar-refractivity contribution in [3.63, 3.8) is 0 Å². The molecule has 1 aromatic carbocycles. The molecular weight excluding hydrogens is 240 g/mol. The van der Waals surface area contributed by atoms with E-state index in [0.717, 1.165) is 28.4 Å². The molecule has 0 amide bonds. The van der Waals surface area contributed by atoms with Crippen LogP contribution in [0.3, 0.4) is 0 Å². The summed E-state index contributed by atoms with van der Waals surface area (Å²) in [4.78, 5) is 6.41. The van der Waals surface area contributed by atoms with Crippen molar-refractivity contribution in [2.45, 2.75) is 13.5 Å². The smallest absolute Gasteiger partial charge is 0.135 e. The van der Waals surface area contributed by atoms with Crippen molar-refractivity contribution < 1.29 is 9.84 Å². The van der Waals surface area contributed by atoms with Gasteiger partial charge in [0.1, 0.15) is 11.6 Å². The van der Waals surface area contributed by atoms with Crippen LogP contribution < -0.4 is 9.64 Å². The van der Waals surface area contributed by atoms with E-state index in [9.17, 15) is 0 Å². The Morgan fingerprint density at radius 3 is 2.47 bits per heavy atom. The number of benzene rings is 1. The predicted molar refractivity (Wildman–Crippen MR) is 76.0 cm³/mol. The molecule has 1 N–H and O–H groups in total. The van der Waals surface area contributed by atoms with E-state index in [0.29, 0.717) is 0 Å². The Labute approximate surface area is 113 Å². The normalized spacial score (nSPS) is 10.3. The van der Waals surface area contributed by atoms with Gasteiger partial charge in [-0.3, -0.25) is 0 Å². The molecule has 2 aromatic rings. The fourth-order valence-electron chi connectivity index (χ4n) is 1.99. The van der Waals surface area contributed by atoms with E-state index >= 15 is 0 Å². The first-order valence-electron chi connectivity index (χ1n) is 6.10. The number of aromatic nitrogens is 1. The molecule has 0 radical (unpaired) electrons. The third-order valence-corrected chi connectivity index (χ3v) is 3.07. The van der Waals surface area contributed by atoms with E-state index < -0.39 is 0 Å². The summed E-state index contributed by atoms with van der Waals surface area (Å²) in [5.41, 5.74) is 2.89. The van der Waals surface area contributed by atoms with Crippen LogP contribution in [0, 0.1) is 6.92 Å². The topological polar surface area (TPSA) is 45.6 Å². The number of hydrogen-bond donors (Lipinski definition) is 1. The number of pyridine rings is 1. The summed E-state index contributed by atoms with van der Waals surface area (Å²) >= 11 is 0. The minimum absolute atomic E-state index is 0.0143. The second-order valence-corrected chi connectivity index (χ2v) is 4.40. The van der Waals surface area contributed by atoms with Gasteiger partial charge in [0.05, 0.1) is 13.7 Å². The van der Waals surface area contributed by atoms with Crippen LogP contribution in [0.4, 0.5) is 11.5 Å². The quantitative estimate of drug-likeness (QED) is 0.915. The maximum absolute atomic E-state index is 9.10. The lowest BCUT2D eigenvalue weighted by Gasteiger charge is -2.20. The first kappa shape index (κ1) is 13.4. The summed E-state index contributed by atoms with van der Waals surface area (Å²) in [6.07, 6.45) is 1.70. The Morgan fingerprint density at radius 1 is 1.26 bits per heavy atom. The molecule has 1 heterocycles. The van der Waals surface area contributed by atoms with E-state index in [4.69, 9.17) is 9.84 Å². The summed E-state index contributed by atoms with van der Waals surface area (Å²) in [5, 5.41) is 9.10. The predicted octanol–water partition coefficient (Wildman–Crippen LogP) is 2.66. The first-order valence-corrected chi connectivity index (χ1v) is 6.10. The highest BCUT2D eigenvalue weighted by Gasteiger charge is 2.09. The third kappa shape index (κ3) is 2.85. The zero-order valence-corrected chi connectivity index (χ0v) is 11.4. The SMILES string of the molecule is COc1ccc(N(C)c2ncc(CO)cc2C)cc1. The summed E-state index contributed by atoms with van der Waals surface area (Å²) in [6.45, 7) is 2.00. The number of aliphatic hydroxyl groups is 1. The summed E-state index contributed by atoms with van der Waals surface area (Å²) in [6, 6.07) is 9.76. The van der Waals surface area contributed by atoms with Gasteiger partial charge < -0.3 is 14.7 Å². The van der Waals surface area contributed by atoms with Crippen LogP contribution in [0.25, 0.3) is 0 Å². The molecule has 19 heavy (non-hydrogen) atoms. The molecule has 0 aliphatic carbocycles. The molecule has 100 valence electrons. The van der Waals surface area contributed by atoms with Gasteiger partial charge in [0.2, 0.25) is 0 Å². The van der Waals surface area contributed by atoms with Gasteiger partial charge in [-0.25, -0.2) is 4.98 Å². The summed E-state index contributed by atoms with van der Waals surface area (Å²) in [7, 11) is 3.62. The lowest BCUT2D eigenvalue weighted by Crippen LogP contribution is -2.12. The van der Waals surface area contributed by atoms with E-state index in [1.807, 2.05) is 49.2 Å². The Morgan fingerprint density at radius 2 is 1.95 bits per heavy atom. The molecule has 4 nitrogen and oxygen atoms in total. The zero-order chi connectivity index (χ0) is 13.8. The Kier molecular flexibility index (Phi) is 4.02. The third-order valence-electron chi connectivity index (χ3n) is 3.07. The Balaban J connectivity index is 2.29. The van der Waals surface area contributed by atoms with Crippen molar-refractivity contribution in [1.29, 1.82) is 0 Å². The van der Waals surface area contributed by atoms with Crippen LogP contribution in [0.5, 0.6) is 5.75 Å². The highest BCUT2D eigenvalue weighted by Crippen LogP contribution is 2.26. The fraction of sp³-hybridized carbons (Fsp3) is 0.267. The van der Waals surface area contributed by atoms with Crippen molar-refractivity contribution in [3.8, 4) is 5.75 Å². The Bertz CT molecular complexity index is 553. The minimum Gasteiger partial charge on any atom is -0.497 e. The molecule has 1 aromatic heterocycles. The van der Waals surface area contributed by atoms with Gasteiger partial charge in [0, 0.05) is 18.9 Å². The van der Waals surface area contributed by atoms with Crippen LogP contribution in [0.15, 0.2) is 36.5 Å². The van der Waals surface area contributed by atoms with Crippen molar-refractivity contribution in [2.75, 3.05) is 19.1 Å². The van der Waals surface area contributed by atoms with Gasteiger partial charge >= 0.3 is 0 Å². The minimum atomic E-state index is 0.0143. The highest BCUT2D eigenvalue weighted by molar-refractivity contribution is 5.62. The molecule has 0 saturated heterocycles.